The van der Waals surface area contributed by atoms with Gasteiger partial charge in [0.15, 0.2) is 8.32 Å². The molecule has 18 heavy (non-hydrogen) atoms. The van der Waals surface area contributed by atoms with Gasteiger partial charge in [-0.15, -0.1) is 0 Å². The fourth-order valence-corrected chi connectivity index (χ4v) is 5.01. The number of hydrogen-bond donors (Lipinski definition) is 0. The molecule has 0 saturated heterocycles. The molecule has 0 aliphatic carbocycles. The van der Waals surface area contributed by atoms with Crippen molar-refractivity contribution in [3.05, 3.63) is 12.2 Å². The van der Waals surface area contributed by atoms with Crippen molar-refractivity contribution in [3.63, 3.8) is 0 Å². The Morgan fingerprint density at radius 2 is 1.56 bits per heavy atom. The predicted molar refractivity (Wildman–Crippen MR) is 85.5 cm³/mol. The summed E-state index contributed by atoms with van der Waals surface area (Å²) in [7, 11) is -1.42. The molecule has 108 valence electrons. The molecule has 0 heterocycles. The Morgan fingerprint density at radius 1 is 1.06 bits per heavy atom. The summed E-state index contributed by atoms with van der Waals surface area (Å²) in [5.41, 5.74) is 1.29. The van der Waals surface area contributed by atoms with Crippen LogP contribution in [0.15, 0.2) is 12.2 Å². The largest absolute Gasteiger partial charge is 0.416 e. The van der Waals surface area contributed by atoms with E-state index in [4.69, 9.17) is 4.43 Å². The molecule has 0 radical (unpaired) electrons. The van der Waals surface area contributed by atoms with Gasteiger partial charge in [-0.25, -0.2) is 0 Å². The maximum absolute atomic E-state index is 6.41. The number of hydrogen-bond acceptors (Lipinski definition) is 1. The quantitative estimate of drug-likeness (QED) is 0.369. The van der Waals surface area contributed by atoms with E-state index in [1.54, 1.807) is 0 Å². The lowest BCUT2D eigenvalue weighted by Gasteiger charge is -2.31. The molecule has 0 aromatic carbocycles. The van der Waals surface area contributed by atoms with E-state index >= 15 is 0 Å². The van der Waals surface area contributed by atoms with Crippen molar-refractivity contribution < 1.29 is 4.43 Å². The highest BCUT2D eigenvalue weighted by molar-refractivity contribution is 6.73. The van der Waals surface area contributed by atoms with E-state index < -0.39 is 8.32 Å². The van der Waals surface area contributed by atoms with Crippen molar-refractivity contribution in [3.8, 4) is 0 Å². The average Bonchev–Trinajstić information content (AvgIpc) is 2.34. The van der Waals surface area contributed by atoms with Gasteiger partial charge in [-0.1, -0.05) is 53.2 Å². The van der Waals surface area contributed by atoms with Crippen LogP contribution >= 0.6 is 0 Å². The standard InChI is InChI=1S/C16H34OSi/c1-8-18(9-2,10-3)17-13-16(15(6)7)12-11-14(4)5/h14,16H,6,8-13H2,1-5,7H3. The van der Waals surface area contributed by atoms with Crippen molar-refractivity contribution >= 4 is 8.32 Å². The molecule has 0 saturated carbocycles. The Labute approximate surface area is 116 Å². The molecule has 0 aliphatic heterocycles. The molecule has 0 amide bonds. The van der Waals surface area contributed by atoms with Gasteiger partial charge >= 0.3 is 0 Å². The minimum atomic E-state index is -1.42. The summed E-state index contributed by atoms with van der Waals surface area (Å²) in [5.74, 6) is 1.33. The van der Waals surface area contributed by atoms with E-state index in [9.17, 15) is 0 Å². The molecule has 0 N–H and O–H groups in total. The van der Waals surface area contributed by atoms with Gasteiger partial charge in [-0.3, -0.25) is 0 Å². The van der Waals surface area contributed by atoms with Crippen LogP contribution in [0.25, 0.3) is 0 Å². The smallest absolute Gasteiger partial charge is 0.192 e. The molecular weight excluding hydrogens is 236 g/mol. The second kappa shape index (κ2) is 8.92. The second-order valence-electron chi connectivity index (χ2n) is 6.07. The Bertz CT molecular complexity index is 223. The van der Waals surface area contributed by atoms with Gasteiger partial charge in [-0.05, 0) is 37.4 Å². The summed E-state index contributed by atoms with van der Waals surface area (Å²) in [4.78, 5) is 0. The van der Waals surface area contributed by atoms with E-state index in [-0.39, 0.29) is 0 Å². The van der Waals surface area contributed by atoms with Crippen molar-refractivity contribution in [2.45, 2.75) is 72.5 Å². The molecule has 0 bridgehead atoms. The maximum Gasteiger partial charge on any atom is 0.192 e. The normalized spacial score (nSPS) is 13.9. The summed E-state index contributed by atoms with van der Waals surface area (Å²) in [5, 5.41) is 0. The van der Waals surface area contributed by atoms with Gasteiger partial charge in [0.25, 0.3) is 0 Å². The first kappa shape index (κ1) is 17.9. The molecule has 0 aromatic rings. The summed E-state index contributed by atoms with van der Waals surface area (Å²) in [6.45, 7) is 18.7. The molecule has 0 aromatic heterocycles. The molecule has 2 heteroatoms. The zero-order valence-electron chi connectivity index (χ0n) is 13.5. The first-order valence-corrected chi connectivity index (χ1v) is 10.2. The molecule has 1 atom stereocenters. The highest BCUT2D eigenvalue weighted by Crippen LogP contribution is 2.26. The molecule has 1 nitrogen and oxygen atoms in total. The van der Waals surface area contributed by atoms with Crippen LogP contribution < -0.4 is 0 Å². The van der Waals surface area contributed by atoms with Gasteiger partial charge in [0.2, 0.25) is 0 Å². The minimum Gasteiger partial charge on any atom is -0.416 e. The van der Waals surface area contributed by atoms with Crippen LogP contribution in [0.2, 0.25) is 18.1 Å². The van der Waals surface area contributed by atoms with E-state index in [0.717, 1.165) is 12.5 Å². The van der Waals surface area contributed by atoms with E-state index in [2.05, 4.69) is 48.1 Å². The van der Waals surface area contributed by atoms with Crippen LogP contribution in [0.5, 0.6) is 0 Å². The fourth-order valence-electron chi connectivity index (χ4n) is 2.34. The van der Waals surface area contributed by atoms with Crippen LogP contribution in [0.3, 0.4) is 0 Å². The summed E-state index contributed by atoms with van der Waals surface area (Å²) < 4.78 is 6.41. The monoisotopic (exact) mass is 270 g/mol. The molecule has 0 spiro atoms. The predicted octanol–water partition coefficient (Wildman–Crippen LogP) is 5.64. The van der Waals surface area contributed by atoms with Gasteiger partial charge in [0.1, 0.15) is 0 Å². The van der Waals surface area contributed by atoms with Crippen molar-refractivity contribution in [2.75, 3.05) is 6.61 Å². The molecule has 0 rings (SSSR count). The van der Waals surface area contributed by atoms with Crippen LogP contribution in [0, 0.1) is 11.8 Å². The minimum absolute atomic E-state index is 0.559. The number of rotatable bonds is 10. The van der Waals surface area contributed by atoms with E-state index in [1.165, 1.54) is 36.5 Å². The van der Waals surface area contributed by atoms with Crippen LogP contribution in [0.4, 0.5) is 0 Å². The summed E-state index contributed by atoms with van der Waals surface area (Å²) in [6, 6.07) is 3.73. The van der Waals surface area contributed by atoms with Gasteiger partial charge in [-0.2, -0.15) is 0 Å². The molecule has 0 fully saturated rings. The topological polar surface area (TPSA) is 9.23 Å². The zero-order valence-corrected chi connectivity index (χ0v) is 14.5. The maximum atomic E-state index is 6.41. The first-order valence-electron chi connectivity index (χ1n) is 7.70. The van der Waals surface area contributed by atoms with Crippen molar-refractivity contribution in [2.24, 2.45) is 11.8 Å². The highest BCUT2D eigenvalue weighted by Gasteiger charge is 2.29. The Kier molecular flexibility index (Phi) is 8.88. The zero-order chi connectivity index (χ0) is 14.2. The van der Waals surface area contributed by atoms with Crippen LogP contribution in [-0.4, -0.2) is 14.9 Å². The van der Waals surface area contributed by atoms with E-state index in [0.29, 0.717) is 5.92 Å². The van der Waals surface area contributed by atoms with Gasteiger partial charge in [0.05, 0.1) is 0 Å². The van der Waals surface area contributed by atoms with Crippen molar-refractivity contribution in [1.82, 2.24) is 0 Å². The fraction of sp³-hybridized carbons (Fsp3) is 0.875. The summed E-state index contributed by atoms with van der Waals surface area (Å²) >= 11 is 0. The van der Waals surface area contributed by atoms with E-state index in [1.807, 2.05) is 0 Å². The third-order valence-corrected chi connectivity index (χ3v) is 8.96. The first-order chi connectivity index (χ1) is 8.40. The lowest BCUT2D eigenvalue weighted by molar-refractivity contribution is 0.241. The Balaban J connectivity index is 4.37. The third kappa shape index (κ3) is 6.19. The molecule has 1 unspecified atom stereocenters. The Morgan fingerprint density at radius 3 is 1.89 bits per heavy atom. The highest BCUT2D eigenvalue weighted by atomic mass is 28.4. The third-order valence-electron chi connectivity index (χ3n) is 4.31. The SMILES string of the molecule is C=C(C)C(CCC(C)C)CO[Si](CC)(CC)CC. The van der Waals surface area contributed by atoms with Gasteiger partial charge < -0.3 is 4.43 Å². The van der Waals surface area contributed by atoms with Crippen LogP contribution in [0.1, 0.15) is 54.4 Å². The van der Waals surface area contributed by atoms with Gasteiger partial charge in [0, 0.05) is 12.5 Å². The van der Waals surface area contributed by atoms with Crippen LogP contribution in [-0.2, 0) is 4.43 Å². The molecular formula is C16H34OSi. The molecule has 0 aliphatic rings. The Hall–Kier alpha value is -0.0831. The lowest BCUT2D eigenvalue weighted by atomic mass is 9.94. The average molecular weight is 271 g/mol. The second-order valence-corrected chi connectivity index (χ2v) is 10.8. The lowest BCUT2D eigenvalue weighted by Crippen LogP contribution is -2.37. The van der Waals surface area contributed by atoms with Crippen molar-refractivity contribution in [1.29, 1.82) is 0 Å². The summed E-state index contributed by atoms with van der Waals surface area (Å²) in [6.07, 6.45) is 2.51.